The molecule has 0 saturated carbocycles. The van der Waals surface area contributed by atoms with E-state index in [-0.39, 0.29) is 17.9 Å². The largest absolute Gasteiger partial charge is 0.425 e. The number of halogens is 2. The van der Waals surface area contributed by atoms with Crippen molar-refractivity contribution in [1.82, 2.24) is 15.5 Å². The molecule has 0 unspecified atom stereocenters. The second kappa shape index (κ2) is 7.09. The zero-order chi connectivity index (χ0) is 14.4. The van der Waals surface area contributed by atoms with Crippen molar-refractivity contribution in [2.45, 2.75) is 26.2 Å². The second-order valence-electron chi connectivity index (χ2n) is 4.47. The number of hydrogen-bond donors (Lipinski definition) is 1. The molecule has 0 fully saturated rings. The summed E-state index contributed by atoms with van der Waals surface area (Å²) in [6.07, 6.45) is 1.63. The lowest BCUT2D eigenvalue weighted by molar-refractivity contribution is 0.445. The summed E-state index contributed by atoms with van der Waals surface area (Å²) in [5, 5.41) is 10.9. The van der Waals surface area contributed by atoms with Crippen LogP contribution in [0.1, 0.15) is 30.7 Å². The first-order valence-corrected chi connectivity index (χ1v) is 6.65. The van der Waals surface area contributed by atoms with Crippen LogP contribution in [-0.4, -0.2) is 23.3 Å². The monoisotopic (exact) mass is 281 g/mol. The summed E-state index contributed by atoms with van der Waals surface area (Å²) in [6, 6.07) is 3.75. The number of hydrogen-bond acceptors (Lipinski definition) is 4. The van der Waals surface area contributed by atoms with Crippen LogP contribution in [-0.2, 0) is 12.8 Å². The van der Waals surface area contributed by atoms with Crippen LogP contribution >= 0.6 is 0 Å². The summed E-state index contributed by atoms with van der Waals surface area (Å²) in [5.74, 6) is -0.511. The third-order valence-corrected chi connectivity index (χ3v) is 2.84. The van der Waals surface area contributed by atoms with Crippen LogP contribution in [0, 0.1) is 11.6 Å². The van der Waals surface area contributed by atoms with Gasteiger partial charge < -0.3 is 9.73 Å². The van der Waals surface area contributed by atoms with Crippen LogP contribution in [0.15, 0.2) is 22.6 Å². The van der Waals surface area contributed by atoms with Gasteiger partial charge in [-0.3, -0.25) is 0 Å². The normalized spacial score (nSPS) is 10.9. The number of nitrogens with one attached hydrogen (secondary N) is 1. The SMILES string of the molecule is CCCNCCc1nnc(Cc2c(F)cccc2F)o1. The van der Waals surface area contributed by atoms with Gasteiger partial charge >= 0.3 is 0 Å². The first kappa shape index (κ1) is 14.6. The Balaban J connectivity index is 1.96. The summed E-state index contributed by atoms with van der Waals surface area (Å²) in [6.45, 7) is 3.76. The van der Waals surface area contributed by atoms with Crippen LogP contribution in [0.4, 0.5) is 8.78 Å². The number of aromatic nitrogens is 2. The van der Waals surface area contributed by atoms with Crippen LogP contribution in [0.25, 0.3) is 0 Å². The maximum absolute atomic E-state index is 13.5. The molecule has 2 rings (SSSR count). The Labute approximate surface area is 116 Å². The van der Waals surface area contributed by atoms with E-state index in [0.717, 1.165) is 19.5 Å². The maximum Gasteiger partial charge on any atom is 0.221 e. The Bertz CT molecular complexity index is 537. The van der Waals surface area contributed by atoms with Gasteiger partial charge in [-0.05, 0) is 25.1 Å². The predicted octanol–water partition coefficient (Wildman–Crippen LogP) is 2.48. The highest BCUT2D eigenvalue weighted by Crippen LogP contribution is 2.16. The van der Waals surface area contributed by atoms with Gasteiger partial charge in [0.15, 0.2) is 0 Å². The van der Waals surface area contributed by atoms with Crippen LogP contribution in [0.5, 0.6) is 0 Å². The standard InChI is InChI=1S/C14H17F2N3O/c1-2-7-17-8-6-13-18-19-14(20-13)9-10-11(15)4-3-5-12(10)16/h3-5,17H,2,6-9H2,1H3. The van der Waals surface area contributed by atoms with E-state index in [0.29, 0.717) is 12.3 Å². The molecule has 108 valence electrons. The molecule has 2 aromatic rings. The molecule has 0 saturated heterocycles. The van der Waals surface area contributed by atoms with Gasteiger partial charge in [0.05, 0.1) is 6.42 Å². The molecule has 0 aliphatic heterocycles. The van der Waals surface area contributed by atoms with E-state index in [1.807, 2.05) is 0 Å². The van der Waals surface area contributed by atoms with Crippen molar-refractivity contribution in [2.75, 3.05) is 13.1 Å². The zero-order valence-electron chi connectivity index (χ0n) is 11.3. The fraction of sp³-hybridized carbons (Fsp3) is 0.429. The van der Waals surface area contributed by atoms with Gasteiger partial charge in [-0.15, -0.1) is 10.2 Å². The zero-order valence-corrected chi connectivity index (χ0v) is 11.3. The maximum atomic E-state index is 13.5. The summed E-state index contributed by atoms with van der Waals surface area (Å²) in [5.41, 5.74) is -0.0493. The first-order valence-electron chi connectivity index (χ1n) is 6.65. The molecule has 1 aromatic carbocycles. The summed E-state index contributed by atoms with van der Waals surface area (Å²) in [7, 11) is 0. The average molecular weight is 281 g/mol. The van der Waals surface area contributed by atoms with Gasteiger partial charge in [0, 0.05) is 18.5 Å². The highest BCUT2D eigenvalue weighted by molar-refractivity contribution is 5.22. The molecule has 0 amide bonds. The predicted molar refractivity (Wildman–Crippen MR) is 70.3 cm³/mol. The van der Waals surface area contributed by atoms with Crippen LogP contribution < -0.4 is 5.32 Å². The third-order valence-electron chi connectivity index (χ3n) is 2.84. The molecular formula is C14H17F2N3O. The highest BCUT2D eigenvalue weighted by atomic mass is 19.1. The van der Waals surface area contributed by atoms with E-state index < -0.39 is 11.6 Å². The lowest BCUT2D eigenvalue weighted by Gasteiger charge is -2.01. The van der Waals surface area contributed by atoms with Crippen molar-refractivity contribution in [3.63, 3.8) is 0 Å². The molecule has 0 atom stereocenters. The van der Waals surface area contributed by atoms with Crippen molar-refractivity contribution in [3.8, 4) is 0 Å². The molecule has 20 heavy (non-hydrogen) atoms. The third kappa shape index (κ3) is 3.84. The Morgan fingerprint density at radius 1 is 1.10 bits per heavy atom. The van der Waals surface area contributed by atoms with E-state index in [1.54, 1.807) is 0 Å². The summed E-state index contributed by atoms with van der Waals surface area (Å²) < 4.78 is 32.4. The van der Waals surface area contributed by atoms with Gasteiger partial charge in [-0.1, -0.05) is 13.0 Å². The van der Waals surface area contributed by atoms with Crippen molar-refractivity contribution in [2.24, 2.45) is 0 Å². The molecule has 0 bridgehead atoms. The van der Waals surface area contributed by atoms with E-state index in [9.17, 15) is 8.78 Å². The second-order valence-corrected chi connectivity index (χ2v) is 4.47. The fourth-order valence-corrected chi connectivity index (χ4v) is 1.81. The minimum absolute atomic E-state index is 0.0338. The van der Waals surface area contributed by atoms with Crippen molar-refractivity contribution >= 4 is 0 Å². The van der Waals surface area contributed by atoms with Gasteiger partial charge in [-0.2, -0.15) is 0 Å². The van der Waals surface area contributed by atoms with E-state index in [4.69, 9.17) is 4.42 Å². The topological polar surface area (TPSA) is 51.0 Å². The molecule has 1 aromatic heterocycles. The van der Waals surface area contributed by atoms with E-state index in [2.05, 4.69) is 22.4 Å². The molecule has 0 aliphatic rings. The van der Waals surface area contributed by atoms with Gasteiger partial charge in [-0.25, -0.2) is 8.78 Å². The minimum Gasteiger partial charge on any atom is -0.425 e. The molecule has 0 spiro atoms. The quantitative estimate of drug-likeness (QED) is 0.792. The van der Waals surface area contributed by atoms with Crippen LogP contribution in [0.2, 0.25) is 0 Å². The number of benzene rings is 1. The first-order chi connectivity index (χ1) is 9.70. The van der Waals surface area contributed by atoms with E-state index in [1.165, 1.54) is 18.2 Å². The molecule has 1 heterocycles. The van der Waals surface area contributed by atoms with Crippen molar-refractivity contribution in [1.29, 1.82) is 0 Å². The Morgan fingerprint density at radius 2 is 1.80 bits per heavy atom. The van der Waals surface area contributed by atoms with Gasteiger partial charge in [0.1, 0.15) is 11.6 Å². The fourth-order valence-electron chi connectivity index (χ4n) is 1.81. The Hall–Kier alpha value is -1.82. The lowest BCUT2D eigenvalue weighted by Crippen LogP contribution is -2.17. The lowest BCUT2D eigenvalue weighted by atomic mass is 10.1. The minimum atomic E-state index is -0.602. The molecule has 0 radical (unpaired) electrons. The smallest absolute Gasteiger partial charge is 0.221 e. The highest BCUT2D eigenvalue weighted by Gasteiger charge is 2.13. The molecule has 0 aliphatic carbocycles. The van der Waals surface area contributed by atoms with Gasteiger partial charge in [0.25, 0.3) is 0 Å². The molecule has 4 nitrogen and oxygen atoms in total. The molecular weight excluding hydrogens is 264 g/mol. The number of rotatable bonds is 7. The van der Waals surface area contributed by atoms with Crippen LogP contribution in [0.3, 0.4) is 0 Å². The summed E-state index contributed by atoms with van der Waals surface area (Å²) >= 11 is 0. The van der Waals surface area contributed by atoms with Gasteiger partial charge in [0.2, 0.25) is 11.8 Å². The Morgan fingerprint density at radius 3 is 2.50 bits per heavy atom. The van der Waals surface area contributed by atoms with E-state index >= 15 is 0 Å². The molecule has 6 heteroatoms. The van der Waals surface area contributed by atoms with Crippen molar-refractivity contribution in [3.05, 3.63) is 47.2 Å². The summed E-state index contributed by atoms with van der Waals surface area (Å²) in [4.78, 5) is 0. The number of nitrogens with zero attached hydrogens (tertiary/aromatic N) is 2. The molecule has 1 N–H and O–H groups in total. The Kier molecular flexibility index (Phi) is 5.17. The van der Waals surface area contributed by atoms with Crippen molar-refractivity contribution < 1.29 is 13.2 Å². The average Bonchev–Trinajstić information content (AvgIpc) is 2.87.